The molecule has 3 aromatic heterocycles. The molecule has 0 bridgehead atoms. The lowest BCUT2D eigenvalue weighted by atomic mass is 10.0. The Balaban J connectivity index is 1.64. The van der Waals surface area contributed by atoms with Gasteiger partial charge in [-0.2, -0.15) is 5.10 Å². The van der Waals surface area contributed by atoms with Crippen molar-refractivity contribution in [2.24, 2.45) is 0 Å². The highest BCUT2D eigenvalue weighted by Gasteiger charge is 2.16. The highest BCUT2D eigenvalue weighted by atomic mass is 16.2. The van der Waals surface area contributed by atoms with Crippen molar-refractivity contribution in [3.8, 4) is 11.1 Å². The fourth-order valence-corrected chi connectivity index (χ4v) is 2.95. The summed E-state index contributed by atoms with van der Waals surface area (Å²) in [5.41, 5.74) is 3.23. The number of benzene rings is 1. The summed E-state index contributed by atoms with van der Waals surface area (Å²) < 4.78 is 0. The number of H-pyrrole nitrogens is 2. The Kier molecular flexibility index (Phi) is 5.19. The van der Waals surface area contributed by atoms with Crippen LogP contribution < -0.4 is 16.2 Å². The van der Waals surface area contributed by atoms with Gasteiger partial charge in [0.1, 0.15) is 0 Å². The average molecular weight is 417 g/mol. The summed E-state index contributed by atoms with van der Waals surface area (Å²) in [6.45, 7) is 0. The van der Waals surface area contributed by atoms with Crippen molar-refractivity contribution in [1.29, 1.82) is 0 Å². The van der Waals surface area contributed by atoms with Gasteiger partial charge in [0.2, 0.25) is 5.56 Å². The zero-order chi connectivity index (χ0) is 22.0. The zero-order valence-corrected chi connectivity index (χ0v) is 16.8. The Morgan fingerprint density at radius 3 is 2.55 bits per heavy atom. The molecule has 156 valence electrons. The van der Waals surface area contributed by atoms with Gasteiger partial charge in [0, 0.05) is 43.5 Å². The van der Waals surface area contributed by atoms with Gasteiger partial charge in [-0.3, -0.25) is 19.7 Å². The minimum atomic E-state index is -0.416. The number of urea groups is 1. The summed E-state index contributed by atoms with van der Waals surface area (Å²) in [6, 6.07) is 9.90. The lowest BCUT2D eigenvalue weighted by Gasteiger charge is -2.12. The molecule has 10 heteroatoms. The second kappa shape index (κ2) is 8.11. The third-order valence-electron chi connectivity index (χ3n) is 4.55. The normalized spacial score (nSPS) is 10.6. The van der Waals surface area contributed by atoms with E-state index in [1.165, 1.54) is 23.2 Å². The van der Waals surface area contributed by atoms with E-state index in [0.717, 1.165) is 11.1 Å². The van der Waals surface area contributed by atoms with Crippen molar-refractivity contribution >= 4 is 34.2 Å². The molecule has 4 aromatic rings. The highest BCUT2D eigenvalue weighted by Crippen LogP contribution is 2.27. The smallest absolute Gasteiger partial charge is 0.321 e. The molecule has 0 fully saturated rings. The first kappa shape index (κ1) is 19.8. The van der Waals surface area contributed by atoms with Gasteiger partial charge < -0.3 is 20.5 Å². The van der Waals surface area contributed by atoms with Crippen LogP contribution in [0.1, 0.15) is 10.5 Å². The summed E-state index contributed by atoms with van der Waals surface area (Å²) in [5, 5.41) is 13.1. The van der Waals surface area contributed by atoms with Crippen LogP contribution in [0.4, 0.5) is 16.2 Å². The molecule has 4 N–H and O–H groups in total. The number of amides is 3. The van der Waals surface area contributed by atoms with Gasteiger partial charge in [-0.25, -0.2) is 4.79 Å². The molecule has 0 aliphatic carbocycles. The van der Waals surface area contributed by atoms with Crippen molar-refractivity contribution in [3.05, 3.63) is 71.0 Å². The van der Waals surface area contributed by atoms with Gasteiger partial charge in [-0.15, -0.1) is 0 Å². The second-order valence-electron chi connectivity index (χ2n) is 7.02. The number of aromatic amines is 2. The van der Waals surface area contributed by atoms with Gasteiger partial charge in [0.25, 0.3) is 5.91 Å². The first-order valence-corrected chi connectivity index (χ1v) is 9.32. The Hall–Kier alpha value is -4.47. The van der Waals surface area contributed by atoms with E-state index in [0.29, 0.717) is 22.3 Å². The molecule has 0 aliphatic rings. The predicted molar refractivity (Wildman–Crippen MR) is 117 cm³/mol. The first-order valence-electron chi connectivity index (χ1n) is 9.32. The maximum atomic E-state index is 12.7. The van der Waals surface area contributed by atoms with Crippen molar-refractivity contribution in [2.45, 2.75) is 0 Å². The Labute approximate surface area is 176 Å². The predicted octanol–water partition coefficient (Wildman–Crippen LogP) is 2.66. The van der Waals surface area contributed by atoms with Crippen molar-refractivity contribution in [2.75, 3.05) is 24.7 Å². The van der Waals surface area contributed by atoms with E-state index in [1.807, 2.05) is 18.2 Å². The molecular weight excluding hydrogens is 398 g/mol. The maximum Gasteiger partial charge on any atom is 0.321 e. The molecule has 3 amide bonds. The van der Waals surface area contributed by atoms with E-state index < -0.39 is 5.91 Å². The molecule has 0 radical (unpaired) electrons. The minimum Gasteiger partial charge on any atom is -0.331 e. The fraction of sp³-hybridized carbons (Fsp3) is 0.0952. The first-order chi connectivity index (χ1) is 14.9. The topological polar surface area (TPSA) is 136 Å². The van der Waals surface area contributed by atoms with Crippen LogP contribution in [-0.4, -0.2) is 51.1 Å². The van der Waals surface area contributed by atoms with Crippen LogP contribution in [0.5, 0.6) is 0 Å². The average Bonchev–Trinajstić information content (AvgIpc) is 3.19. The number of rotatable bonds is 4. The fourth-order valence-electron chi connectivity index (χ4n) is 2.95. The van der Waals surface area contributed by atoms with Gasteiger partial charge in [-0.1, -0.05) is 6.07 Å². The van der Waals surface area contributed by atoms with E-state index in [9.17, 15) is 14.4 Å². The number of fused-ring (bicyclic) bond motifs is 1. The monoisotopic (exact) mass is 417 g/mol. The summed E-state index contributed by atoms with van der Waals surface area (Å²) >= 11 is 0. The number of pyridine rings is 2. The number of hydrogen-bond acceptors (Lipinski definition) is 5. The quantitative estimate of drug-likeness (QED) is 0.405. The number of anilines is 2. The Bertz CT molecular complexity index is 1320. The number of aromatic nitrogens is 4. The molecule has 0 unspecified atom stereocenters. The van der Waals surface area contributed by atoms with Crippen LogP contribution in [0, 0.1) is 0 Å². The van der Waals surface area contributed by atoms with Crippen LogP contribution >= 0.6 is 0 Å². The lowest BCUT2D eigenvalue weighted by molar-refractivity contribution is 0.102. The molecule has 0 saturated carbocycles. The molecule has 0 saturated heterocycles. The summed E-state index contributed by atoms with van der Waals surface area (Å²) in [4.78, 5) is 43.9. The van der Waals surface area contributed by atoms with E-state index >= 15 is 0 Å². The van der Waals surface area contributed by atoms with Crippen LogP contribution in [0.15, 0.2) is 59.8 Å². The van der Waals surface area contributed by atoms with Gasteiger partial charge >= 0.3 is 6.03 Å². The van der Waals surface area contributed by atoms with Crippen LogP contribution in [0.2, 0.25) is 0 Å². The largest absolute Gasteiger partial charge is 0.331 e. The molecule has 0 atom stereocenters. The molecule has 0 spiro atoms. The number of nitrogens with zero attached hydrogens (tertiary/aromatic N) is 3. The molecule has 31 heavy (non-hydrogen) atoms. The van der Waals surface area contributed by atoms with Crippen molar-refractivity contribution in [3.63, 3.8) is 0 Å². The van der Waals surface area contributed by atoms with Gasteiger partial charge in [-0.05, 0) is 29.8 Å². The van der Waals surface area contributed by atoms with E-state index in [-0.39, 0.29) is 17.3 Å². The third-order valence-corrected chi connectivity index (χ3v) is 4.55. The summed E-state index contributed by atoms with van der Waals surface area (Å²) in [5.74, 6) is -0.416. The van der Waals surface area contributed by atoms with Crippen molar-refractivity contribution in [1.82, 2.24) is 25.1 Å². The van der Waals surface area contributed by atoms with Gasteiger partial charge in [0.15, 0.2) is 5.69 Å². The zero-order valence-electron chi connectivity index (χ0n) is 16.8. The van der Waals surface area contributed by atoms with E-state index in [1.54, 1.807) is 32.6 Å². The molecular formula is C21H19N7O3. The Morgan fingerprint density at radius 2 is 1.81 bits per heavy atom. The standard InChI is InChI=1S/C21H19N7O3/c1-28(2)21(31)25-15-7-13(9-22-10-15)12-3-5-17-16(8-12)19(27-26-17)20(30)24-14-4-6-18(29)23-11-14/h3-11H,1-2H3,(H,23,29)(H,24,30)(H,25,31)(H,26,27). The second-order valence-corrected chi connectivity index (χ2v) is 7.02. The highest BCUT2D eigenvalue weighted by molar-refractivity contribution is 6.11. The minimum absolute atomic E-state index is 0.216. The molecule has 0 aliphatic heterocycles. The summed E-state index contributed by atoms with van der Waals surface area (Å²) in [7, 11) is 3.30. The van der Waals surface area contributed by atoms with Crippen LogP contribution in [0.3, 0.4) is 0 Å². The van der Waals surface area contributed by atoms with E-state index in [4.69, 9.17) is 0 Å². The van der Waals surface area contributed by atoms with Gasteiger partial charge in [0.05, 0.1) is 23.1 Å². The number of carbonyl (C=O) groups is 2. The molecule has 10 nitrogen and oxygen atoms in total. The molecule has 4 rings (SSSR count). The Morgan fingerprint density at radius 1 is 0.968 bits per heavy atom. The SMILES string of the molecule is CN(C)C(=O)Nc1cncc(-c2ccc3[nH]nc(C(=O)Nc4ccc(=O)[nH]c4)c3c2)c1. The molecule has 3 heterocycles. The maximum absolute atomic E-state index is 12.7. The number of nitrogens with one attached hydrogen (secondary N) is 4. The summed E-state index contributed by atoms with van der Waals surface area (Å²) in [6.07, 6.45) is 4.65. The molecule has 1 aromatic carbocycles. The van der Waals surface area contributed by atoms with E-state index in [2.05, 4.69) is 30.8 Å². The third kappa shape index (κ3) is 4.27. The number of hydrogen-bond donors (Lipinski definition) is 4. The van der Waals surface area contributed by atoms with Crippen LogP contribution in [-0.2, 0) is 0 Å². The lowest BCUT2D eigenvalue weighted by Crippen LogP contribution is -2.27. The number of carbonyl (C=O) groups excluding carboxylic acids is 2. The van der Waals surface area contributed by atoms with Crippen molar-refractivity contribution < 1.29 is 9.59 Å². The van der Waals surface area contributed by atoms with Crippen LogP contribution in [0.25, 0.3) is 22.0 Å².